The first-order chi connectivity index (χ1) is 8.31. The lowest BCUT2D eigenvalue weighted by atomic mass is 9.94. The molecule has 0 aromatic rings. The van der Waals surface area contributed by atoms with Crippen molar-refractivity contribution in [2.45, 2.75) is 78.4 Å². The van der Waals surface area contributed by atoms with Crippen molar-refractivity contribution in [2.75, 3.05) is 6.61 Å². The fourth-order valence-corrected chi connectivity index (χ4v) is 1.49. The third kappa shape index (κ3) is 5.83. The number of hydrogen-bond donors (Lipinski definition) is 0. The third-order valence-corrected chi connectivity index (χ3v) is 2.60. The number of esters is 1. The lowest BCUT2D eigenvalue weighted by Crippen LogP contribution is -2.44. The Bertz CT molecular complexity index is 245. The van der Waals surface area contributed by atoms with Gasteiger partial charge in [0.2, 0.25) is 0 Å². The van der Waals surface area contributed by atoms with Crippen LogP contribution in [0, 0.1) is 0 Å². The van der Waals surface area contributed by atoms with Gasteiger partial charge in [-0.15, -0.1) is 0 Å². The third-order valence-electron chi connectivity index (χ3n) is 2.60. The minimum atomic E-state index is -0.973. The minimum Gasteiger partial charge on any atom is -0.464 e. The monoisotopic (exact) mass is 260 g/mol. The van der Waals surface area contributed by atoms with Crippen molar-refractivity contribution in [1.29, 1.82) is 0 Å². The first-order valence-electron chi connectivity index (χ1n) is 6.85. The van der Waals surface area contributed by atoms with E-state index in [0.717, 1.165) is 12.8 Å². The normalized spacial score (nSPS) is 15.2. The quantitative estimate of drug-likeness (QED) is 0.380. The van der Waals surface area contributed by atoms with Crippen LogP contribution >= 0.6 is 0 Å². The zero-order chi connectivity index (χ0) is 14.2. The minimum absolute atomic E-state index is 0.329. The Hall–Kier alpha value is -0.610. The Morgan fingerprint density at radius 3 is 2.06 bits per heavy atom. The topological polar surface area (TPSA) is 44.8 Å². The van der Waals surface area contributed by atoms with Crippen LogP contribution in [-0.4, -0.2) is 23.8 Å². The summed E-state index contributed by atoms with van der Waals surface area (Å²) in [6, 6.07) is 0. The molecule has 0 aromatic carbocycles. The average Bonchev–Trinajstić information content (AvgIpc) is 2.29. The summed E-state index contributed by atoms with van der Waals surface area (Å²) in [5, 5.41) is 0. The van der Waals surface area contributed by atoms with Crippen LogP contribution in [0.15, 0.2) is 0 Å². The lowest BCUT2D eigenvalue weighted by molar-refractivity contribution is -0.398. The van der Waals surface area contributed by atoms with Gasteiger partial charge in [-0.2, -0.15) is 0 Å². The predicted molar refractivity (Wildman–Crippen MR) is 71.1 cm³/mol. The summed E-state index contributed by atoms with van der Waals surface area (Å²) in [5.41, 5.74) is -1.42. The zero-order valence-corrected chi connectivity index (χ0v) is 12.7. The molecule has 0 bridgehead atoms. The van der Waals surface area contributed by atoms with Gasteiger partial charge in [0.05, 0.1) is 12.2 Å². The molecule has 1 atom stereocenters. The zero-order valence-electron chi connectivity index (χ0n) is 12.7. The highest BCUT2D eigenvalue weighted by Gasteiger charge is 2.41. The molecule has 4 nitrogen and oxygen atoms in total. The van der Waals surface area contributed by atoms with Gasteiger partial charge in [-0.3, -0.25) is 0 Å². The highest BCUT2D eigenvalue weighted by Crippen LogP contribution is 2.27. The van der Waals surface area contributed by atoms with Gasteiger partial charge in [-0.25, -0.2) is 14.6 Å². The standard InChI is InChI=1S/C14H28O4/c1-7-10-11-14(8-2,12(15)16-9-3)18-17-13(4,5)6/h7-11H2,1-6H3. The molecule has 0 aliphatic heterocycles. The average molecular weight is 260 g/mol. The maximum Gasteiger partial charge on any atom is 0.341 e. The number of hydrogen-bond acceptors (Lipinski definition) is 4. The van der Waals surface area contributed by atoms with E-state index in [-0.39, 0.29) is 5.97 Å². The van der Waals surface area contributed by atoms with E-state index in [9.17, 15) is 4.79 Å². The molecule has 0 saturated heterocycles. The van der Waals surface area contributed by atoms with Crippen LogP contribution in [-0.2, 0) is 19.3 Å². The summed E-state index contributed by atoms with van der Waals surface area (Å²) in [5.74, 6) is -0.329. The van der Waals surface area contributed by atoms with Gasteiger partial charge >= 0.3 is 5.97 Å². The van der Waals surface area contributed by atoms with Gasteiger partial charge < -0.3 is 4.74 Å². The van der Waals surface area contributed by atoms with Crippen LogP contribution in [0.2, 0.25) is 0 Å². The van der Waals surface area contributed by atoms with E-state index >= 15 is 0 Å². The van der Waals surface area contributed by atoms with Crippen molar-refractivity contribution in [2.24, 2.45) is 0 Å². The molecule has 0 heterocycles. The van der Waals surface area contributed by atoms with Crippen LogP contribution in [0.4, 0.5) is 0 Å². The number of ether oxygens (including phenoxy) is 1. The Balaban J connectivity index is 4.80. The SMILES string of the molecule is CCCCC(CC)(OOC(C)(C)C)C(=O)OCC. The molecule has 18 heavy (non-hydrogen) atoms. The van der Waals surface area contributed by atoms with Crippen molar-refractivity contribution in [3.63, 3.8) is 0 Å². The van der Waals surface area contributed by atoms with E-state index in [1.165, 1.54) is 0 Å². The first kappa shape index (κ1) is 17.4. The molecule has 0 rings (SSSR count). The second kappa shape index (κ2) is 7.74. The molecule has 0 aliphatic carbocycles. The van der Waals surface area contributed by atoms with E-state index in [4.69, 9.17) is 14.5 Å². The molecule has 0 aliphatic rings. The predicted octanol–water partition coefficient (Wildman–Crippen LogP) is 3.64. The van der Waals surface area contributed by atoms with Gasteiger partial charge in [0.1, 0.15) is 0 Å². The first-order valence-corrected chi connectivity index (χ1v) is 6.85. The number of carbonyl (C=O) groups excluding carboxylic acids is 1. The molecule has 0 N–H and O–H groups in total. The second-order valence-electron chi connectivity index (χ2n) is 5.45. The molecule has 4 heteroatoms. The van der Waals surface area contributed by atoms with Crippen molar-refractivity contribution in [3.8, 4) is 0 Å². The van der Waals surface area contributed by atoms with Gasteiger partial charge in [-0.1, -0.05) is 26.7 Å². The molecule has 0 amide bonds. The maximum absolute atomic E-state index is 12.1. The van der Waals surface area contributed by atoms with E-state index in [0.29, 0.717) is 19.4 Å². The highest BCUT2D eigenvalue weighted by atomic mass is 17.2. The Labute approximate surface area is 111 Å². The molecule has 0 radical (unpaired) electrons. The second-order valence-corrected chi connectivity index (χ2v) is 5.45. The molecule has 108 valence electrons. The molecule has 0 aromatic heterocycles. The van der Waals surface area contributed by atoms with E-state index in [1.54, 1.807) is 6.92 Å². The Morgan fingerprint density at radius 1 is 1.06 bits per heavy atom. The summed E-state index contributed by atoms with van der Waals surface area (Å²) < 4.78 is 5.12. The fourth-order valence-electron chi connectivity index (χ4n) is 1.49. The molecular formula is C14H28O4. The largest absolute Gasteiger partial charge is 0.464 e. The highest BCUT2D eigenvalue weighted by molar-refractivity contribution is 5.79. The summed E-state index contributed by atoms with van der Waals surface area (Å²) in [4.78, 5) is 22.9. The van der Waals surface area contributed by atoms with Gasteiger partial charge in [0.15, 0.2) is 5.60 Å². The fraction of sp³-hybridized carbons (Fsp3) is 0.929. The summed E-state index contributed by atoms with van der Waals surface area (Å²) in [7, 11) is 0. The molecule has 0 spiro atoms. The van der Waals surface area contributed by atoms with Crippen molar-refractivity contribution >= 4 is 5.97 Å². The van der Waals surface area contributed by atoms with Gasteiger partial charge in [0, 0.05) is 0 Å². The van der Waals surface area contributed by atoms with Crippen LogP contribution < -0.4 is 0 Å². The number of rotatable bonds is 8. The summed E-state index contributed by atoms with van der Waals surface area (Å²) >= 11 is 0. The van der Waals surface area contributed by atoms with E-state index < -0.39 is 11.2 Å². The summed E-state index contributed by atoms with van der Waals surface area (Å²) in [6.07, 6.45) is 3.07. The van der Waals surface area contributed by atoms with Crippen molar-refractivity contribution in [1.82, 2.24) is 0 Å². The van der Waals surface area contributed by atoms with E-state index in [2.05, 4.69) is 6.92 Å². The Morgan fingerprint density at radius 2 is 1.67 bits per heavy atom. The number of unbranched alkanes of at least 4 members (excludes halogenated alkanes) is 1. The van der Waals surface area contributed by atoms with Crippen LogP contribution in [0.1, 0.15) is 67.2 Å². The number of carbonyl (C=O) groups is 1. The van der Waals surface area contributed by atoms with Gasteiger partial charge in [-0.05, 0) is 40.5 Å². The smallest absolute Gasteiger partial charge is 0.341 e. The molecule has 0 saturated carbocycles. The van der Waals surface area contributed by atoms with Crippen LogP contribution in [0.5, 0.6) is 0 Å². The lowest BCUT2D eigenvalue weighted by Gasteiger charge is -2.32. The Kier molecular flexibility index (Phi) is 7.48. The molecule has 1 unspecified atom stereocenters. The molecule has 0 fully saturated rings. The van der Waals surface area contributed by atoms with Crippen LogP contribution in [0.3, 0.4) is 0 Å². The molecular weight excluding hydrogens is 232 g/mol. The maximum atomic E-state index is 12.1. The van der Waals surface area contributed by atoms with E-state index in [1.807, 2.05) is 27.7 Å². The van der Waals surface area contributed by atoms with Crippen molar-refractivity contribution in [3.05, 3.63) is 0 Å². The van der Waals surface area contributed by atoms with Gasteiger partial charge in [0.25, 0.3) is 0 Å². The summed E-state index contributed by atoms with van der Waals surface area (Å²) in [6.45, 7) is 11.8. The van der Waals surface area contributed by atoms with Crippen LogP contribution in [0.25, 0.3) is 0 Å². The van der Waals surface area contributed by atoms with Crippen molar-refractivity contribution < 1.29 is 19.3 Å².